The van der Waals surface area contributed by atoms with Crippen LogP contribution < -0.4 is 0 Å². The summed E-state index contributed by atoms with van der Waals surface area (Å²) in [7, 11) is 1.58. The number of nitrogens with zero attached hydrogens (tertiary/aromatic N) is 1. The molecule has 0 aromatic heterocycles. The van der Waals surface area contributed by atoms with Crippen molar-refractivity contribution in [1.29, 1.82) is 0 Å². The van der Waals surface area contributed by atoms with Gasteiger partial charge < -0.3 is 14.2 Å². The number of hydrogen-bond donors (Lipinski definition) is 0. The fourth-order valence-electron chi connectivity index (χ4n) is 3.03. The fraction of sp³-hybridized carbons (Fsp3) is 0.550. The lowest BCUT2D eigenvalue weighted by atomic mass is 10.0. The standard InChI is InChI=1S/C20H28FNO4/c1-19(2,3)26-18(23)22-16(13-21)17(25-20(22,4)5)15-9-7-14(8-10-15)11-12-24-6/h7-12,16-17H,13H2,1-6H3/t16-,17-/m1/s1. The molecule has 1 fully saturated rings. The van der Waals surface area contributed by atoms with Crippen molar-refractivity contribution in [2.45, 2.75) is 58.1 Å². The van der Waals surface area contributed by atoms with Gasteiger partial charge in [-0.2, -0.15) is 0 Å². The van der Waals surface area contributed by atoms with Crippen LogP contribution in [0.25, 0.3) is 6.08 Å². The summed E-state index contributed by atoms with van der Waals surface area (Å²) in [5.41, 5.74) is 0.120. The highest BCUT2D eigenvalue weighted by Crippen LogP contribution is 2.42. The van der Waals surface area contributed by atoms with Crippen LogP contribution in [-0.2, 0) is 14.2 Å². The van der Waals surface area contributed by atoms with Gasteiger partial charge in [-0.1, -0.05) is 24.3 Å². The van der Waals surface area contributed by atoms with Crippen LogP contribution in [0.1, 0.15) is 51.8 Å². The lowest BCUT2D eigenvalue weighted by Crippen LogP contribution is -2.50. The lowest BCUT2D eigenvalue weighted by Gasteiger charge is -2.34. The molecule has 0 bridgehead atoms. The smallest absolute Gasteiger partial charge is 0.413 e. The second-order valence-corrected chi connectivity index (χ2v) is 7.76. The first-order valence-electron chi connectivity index (χ1n) is 8.64. The molecule has 1 aliphatic heterocycles. The number of halogens is 1. The SMILES string of the molecule is COC=Cc1ccc([C@H]2OC(C)(C)N(C(=O)OC(C)(C)C)[C@@H]2CF)cc1. The van der Waals surface area contributed by atoms with Gasteiger partial charge in [0.2, 0.25) is 0 Å². The van der Waals surface area contributed by atoms with Gasteiger partial charge in [-0.25, -0.2) is 9.18 Å². The topological polar surface area (TPSA) is 48.0 Å². The number of benzene rings is 1. The molecule has 1 heterocycles. The van der Waals surface area contributed by atoms with Crippen LogP contribution >= 0.6 is 0 Å². The first-order chi connectivity index (χ1) is 12.1. The van der Waals surface area contributed by atoms with Crippen LogP contribution in [0.5, 0.6) is 0 Å². The maximum absolute atomic E-state index is 13.9. The van der Waals surface area contributed by atoms with Gasteiger partial charge >= 0.3 is 6.09 Å². The zero-order chi connectivity index (χ0) is 19.5. The van der Waals surface area contributed by atoms with Crippen LogP contribution in [0.2, 0.25) is 0 Å². The number of alkyl halides is 1. The normalized spacial score (nSPS) is 22.7. The Hall–Kier alpha value is -2.08. The van der Waals surface area contributed by atoms with Gasteiger partial charge in [-0.3, -0.25) is 4.90 Å². The van der Waals surface area contributed by atoms with E-state index in [0.29, 0.717) is 0 Å². The summed E-state index contributed by atoms with van der Waals surface area (Å²) in [5.74, 6) is 0. The van der Waals surface area contributed by atoms with Crippen LogP contribution in [0, 0.1) is 0 Å². The molecule has 144 valence electrons. The third-order valence-electron chi connectivity index (χ3n) is 4.09. The molecule has 1 saturated heterocycles. The van der Waals surface area contributed by atoms with Crippen molar-refractivity contribution in [2.75, 3.05) is 13.8 Å². The van der Waals surface area contributed by atoms with Gasteiger partial charge in [-0.05, 0) is 51.8 Å². The quantitative estimate of drug-likeness (QED) is 0.727. The van der Waals surface area contributed by atoms with Gasteiger partial charge in [0, 0.05) is 0 Å². The van der Waals surface area contributed by atoms with Crippen LogP contribution in [-0.4, -0.2) is 42.1 Å². The Kier molecular flexibility index (Phi) is 5.96. The molecule has 6 heteroatoms. The van der Waals surface area contributed by atoms with E-state index in [-0.39, 0.29) is 0 Å². The molecule has 1 aromatic carbocycles. The van der Waals surface area contributed by atoms with Crippen molar-refractivity contribution in [3.05, 3.63) is 41.7 Å². The Labute approximate surface area is 154 Å². The predicted molar refractivity (Wildman–Crippen MR) is 98.2 cm³/mol. The maximum atomic E-state index is 13.9. The molecule has 1 aromatic rings. The monoisotopic (exact) mass is 365 g/mol. The molecule has 0 N–H and O–H groups in total. The molecule has 1 aliphatic rings. The minimum atomic E-state index is -0.974. The van der Waals surface area contributed by atoms with Crippen molar-refractivity contribution >= 4 is 12.2 Å². The average Bonchev–Trinajstić information content (AvgIpc) is 2.82. The fourth-order valence-corrected chi connectivity index (χ4v) is 3.03. The van der Waals surface area contributed by atoms with Gasteiger partial charge in [0.15, 0.2) is 0 Å². The zero-order valence-corrected chi connectivity index (χ0v) is 16.3. The largest absolute Gasteiger partial charge is 0.504 e. The number of hydrogen-bond acceptors (Lipinski definition) is 4. The van der Waals surface area contributed by atoms with E-state index >= 15 is 0 Å². The third kappa shape index (κ3) is 4.55. The Morgan fingerprint density at radius 3 is 2.42 bits per heavy atom. The van der Waals surface area contributed by atoms with Crippen molar-refractivity contribution in [3.63, 3.8) is 0 Å². The van der Waals surface area contributed by atoms with Crippen LogP contribution in [0.15, 0.2) is 30.5 Å². The lowest BCUT2D eigenvalue weighted by molar-refractivity contribution is -0.0797. The minimum absolute atomic E-state index is 0.567. The Morgan fingerprint density at radius 2 is 1.92 bits per heavy atom. The molecule has 2 atom stereocenters. The summed E-state index contributed by atoms with van der Waals surface area (Å²) in [6, 6.07) is 6.79. The van der Waals surface area contributed by atoms with Crippen molar-refractivity contribution < 1.29 is 23.4 Å². The predicted octanol–water partition coefficient (Wildman–Crippen LogP) is 4.69. The van der Waals surface area contributed by atoms with Gasteiger partial charge in [-0.15, -0.1) is 0 Å². The number of carbonyl (C=O) groups is 1. The first kappa shape index (κ1) is 20.2. The molecule has 5 nitrogen and oxygen atoms in total. The van der Waals surface area contributed by atoms with Crippen molar-refractivity contribution in [1.82, 2.24) is 4.90 Å². The van der Waals surface area contributed by atoms with Gasteiger partial charge in [0.25, 0.3) is 0 Å². The van der Waals surface area contributed by atoms with E-state index < -0.39 is 36.2 Å². The molecule has 0 radical (unpaired) electrons. The molecule has 0 aliphatic carbocycles. The zero-order valence-electron chi connectivity index (χ0n) is 16.3. The summed E-state index contributed by atoms with van der Waals surface area (Å²) in [6.45, 7) is 8.11. The summed E-state index contributed by atoms with van der Waals surface area (Å²) >= 11 is 0. The van der Waals surface area contributed by atoms with Crippen molar-refractivity contribution in [2.24, 2.45) is 0 Å². The molecule has 0 saturated carbocycles. The second-order valence-electron chi connectivity index (χ2n) is 7.76. The van der Waals surface area contributed by atoms with Gasteiger partial charge in [0.1, 0.15) is 24.1 Å². The Bertz CT molecular complexity index is 649. The summed E-state index contributed by atoms with van der Waals surface area (Å²) in [4.78, 5) is 14.0. The highest BCUT2D eigenvalue weighted by Gasteiger charge is 2.51. The highest BCUT2D eigenvalue weighted by molar-refractivity contribution is 5.70. The highest BCUT2D eigenvalue weighted by atomic mass is 19.1. The molecule has 0 spiro atoms. The number of ether oxygens (including phenoxy) is 3. The number of carbonyl (C=O) groups excluding carboxylic acids is 1. The first-order valence-corrected chi connectivity index (χ1v) is 8.64. The molecular formula is C20H28FNO4. The van der Waals surface area contributed by atoms with E-state index in [4.69, 9.17) is 14.2 Å². The molecule has 26 heavy (non-hydrogen) atoms. The molecule has 1 amide bonds. The maximum Gasteiger partial charge on any atom is 0.413 e. The van der Waals surface area contributed by atoms with Crippen LogP contribution in [0.3, 0.4) is 0 Å². The summed E-state index contributed by atoms with van der Waals surface area (Å²) in [6.07, 6.45) is 2.26. The van der Waals surface area contributed by atoms with Gasteiger partial charge in [0.05, 0.1) is 19.4 Å². The van der Waals surface area contributed by atoms with Crippen LogP contribution in [0.4, 0.5) is 9.18 Å². The van der Waals surface area contributed by atoms with Crippen molar-refractivity contribution in [3.8, 4) is 0 Å². The summed E-state index contributed by atoms with van der Waals surface area (Å²) < 4.78 is 30.3. The molecular weight excluding hydrogens is 337 g/mol. The van der Waals surface area contributed by atoms with E-state index in [2.05, 4.69) is 0 Å². The van der Waals surface area contributed by atoms with E-state index in [1.165, 1.54) is 4.90 Å². The Balaban J connectivity index is 2.27. The Morgan fingerprint density at radius 1 is 1.31 bits per heavy atom. The number of methoxy groups -OCH3 is 1. The second kappa shape index (κ2) is 7.66. The number of rotatable bonds is 4. The van der Waals surface area contributed by atoms with E-state index in [0.717, 1.165) is 11.1 Å². The molecule has 2 rings (SSSR count). The average molecular weight is 365 g/mol. The molecule has 0 unspecified atom stereocenters. The van der Waals surface area contributed by atoms with E-state index in [1.54, 1.807) is 48.0 Å². The minimum Gasteiger partial charge on any atom is -0.504 e. The number of amides is 1. The van der Waals surface area contributed by atoms with E-state index in [9.17, 15) is 9.18 Å². The third-order valence-corrected chi connectivity index (χ3v) is 4.09. The summed E-state index contributed by atoms with van der Waals surface area (Å²) in [5, 5.41) is 0. The van der Waals surface area contributed by atoms with E-state index in [1.807, 2.05) is 30.3 Å².